The molecule has 2 aromatic rings. The van der Waals surface area contributed by atoms with E-state index in [1.165, 1.54) is 12.1 Å². The fraction of sp³-hybridized carbons (Fsp3) is 0.316. The second-order valence-corrected chi connectivity index (χ2v) is 11.0. The third-order valence-corrected chi connectivity index (χ3v) is 2.97. The summed E-state index contributed by atoms with van der Waals surface area (Å²) in [6.45, 7) is 7.59. The Morgan fingerprint density at radius 1 is 0.960 bits per heavy atom. The Morgan fingerprint density at radius 2 is 1.44 bits per heavy atom. The standard InChI is InChI=1S/C16H14F3N.C3H10OSi/c1-12(14-5-3-2-4-6-14)20-11-13-7-9-15(10-8-13)16(17,18)19;1-5(2,3)4/h2-12H,1H3;4H,1-3H3/t12-;/m0./s1. The molecule has 0 spiro atoms. The van der Waals surface area contributed by atoms with Crippen molar-refractivity contribution >= 4 is 14.5 Å². The van der Waals surface area contributed by atoms with E-state index in [9.17, 15) is 13.2 Å². The van der Waals surface area contributed by atoms with Crippen LogP contribution in [0.2, 0.25) is 19.6 Å². The van der Waals surface area contributed by atoms with Crippen molar-refractivity contribution in [3.05, 3.63) is 71.3 Å². The van der Waals surface area contributed by atoms with Crippen molar-refractivity contribution in [3.8, 4) is 0 Å². The van der Waals surface area contributed by atoms with Crippen LogP contribution in [0.25, 0.3) is 0 Å². The normalized spacial score (nSPS) is 13.3. The molecule has 0 fully saturated rings. The highest BCUT2D eigenvalue weighted by Gasteiger charge is 2.29. The molecular formula is C19H24F3NOSi. The summed E-state index contributed by atoms with van der Waals surface area (Å²) in [4.78, 5) is 13.0. The third kappa shape index (κ3) is 9.21. The Bertz CT molecular complexity index is 656. The summed E-state index contributed by atoms with van der Waals surface area (Å²) in [6, 6.07) is 14.7. The molecular weight excluding hydrogens is 343 g/mol. The second-order valence-electron chi connectivity index (χ2n) is 6.66. The second kappa shape index (κ2) is 8.96. The fourth-order valence-corrected chi connectivity index (χ4v) is 1.77. The molecule has 25 heavy (non-hydrogen) atoms. The van der Waals surface area contributed by atoms with Crippen molar-refractivity contribution in [3.63, 3.8) is 0 Å². The number of rotatable bonds is 3. The maximum absolute atomic E-state index is 12.4. The van der Waals surface area contributed by atoms with Crippen LogP contribution >= 0.6 is 0 Å². The first-order valence-electron chi connectivity index (χ1n) is 7.94. The van der Waals surface area contributed by atoms with Crippen LogP contribution < -0.4 is 0 Å². The first-order chi connectivity index (χ1) is 11.5. The lowest BCUT2D eigenvalue weighted by Crippen LogP contribution is -2.17. The quantitative estimate of drug-likeness (QED) is 0.548. The van der Waals surface area contributed by atoms with Crippen LogP contribution in [0.3, 0.4) is 0 Å². The smallest absolute Gasteiger partial charge is 0.416 e. The maximum atomic E-state index is 12.4. The number of alkyl halides is 3. The molecule has 0 saturated heterocycles. The highest BCUT2D eigenvalue weighted by molar-refractivity contribution is 6.68. The SMILES string of the molecule is C[C@H](N=Cc1ccc(C(F)(F)F)cc1)c1ccccc1.C[Si](C)(C)O. The molecule has 0 aromatic heterocycles. The Hall–Kier alpha value is -1.92. The van der Waals surface area contributed by atoms with Crippen LogP contribution in [0, 0.1) is 0 Å². The van der Waals surface area contributed by atoms with Gasteiger partial charge in [0, 0.05) is 6.21 Å². The molecule has 0 heterocycles. The van der Waals surface area contributed by atoms with Crippen LogP contribution in [0.15, 0.2) is 59.6 Å². The monoisotopic (exact) mass is 367 g/mol. The van der Waals surface area contributed by atoms with E-state index >= 15 is 0 Å². The van der Waals surface area contributed by atoms with Gasteiger partial charge in [-0.25, -0.2) is 0 Å². The average Bonchev–Trinajstić information content (AvgIpc) is 2.51. The van der Waals surface area contributed by atoms with E-state index in [4.69, 9.17) is 4.80 Å². The van der Waals surface area contributed by atoms with E-state index in [1.54, 1.807) is 6.21 Å². The van der Waals surface area contributed by atoms with Gasteiger partial charge in [-0.3, -0.25) is 4.99 Å². The summed E-state index contributed by atoms with van der Waals surface area (Å²) in [5, 5.41) is 0. The molecule has 1 atom stereocenters. The van der Waals surface area contributed by atoms with E-state index in [0.29, 0.717) is 5.56 Å². The van der Waals surface area contributed by atoms with E-state index in [0.717, 1.165) is 17.7 Å². The van der Waals surface area contributed by atoms with Gasteiger partial charge in [-0.1, -0.05) is 42.5 Å². The van der Waals surface area contributed by atoms with Crippen molar-refractivity contribution < 1.29 is 18.0 Å². The van der Waals surface area contributed by atoms with Gasteiger partial charge in [0.1, 0.15) is 0 Å². The lowest BCUT2D eigenvalue weighted by Gasteiger charge is -2.07. The molecule has 0 unspecified atom stereocenters. The van der Waals surface area contributed by atoms with Gasteiger partial charge in [-0.15, -0.1) is 0 Å². The average molecular weight is 367 g/mol. The predicted molar refractivity (Wildman–Crippen MR) is 99.5 cm³/mol. The van der Waals surface area contributed by atoms with Gasteiger partial charge in [0.25, 0.3) is 0 Å². The van der Waals surface area contributed by atoms with Crippen molar-refractivity contribution in [2.45, 2.75) is 38.8 Å². The van der Waals surface area contributed by atoms with Gasteiger partial charge in [0.15, 0.2) is 8.32 Å². The molecule has 2 nitrogen and oxygen atoms in total. The van der Waals surface area contributed by atoms with E-state index in [1.807, 2.05) is 56.9 Å². The molecule has 0 saturated carbocycles. The molecule has 0 bridgehead atoms. The molecule has 0 aliphatic carbocycles. The fourth-order valence-electron chi connectivity index (χ4n) is 1.77. The minimum absolute atomic E-state index is 0.0292. The van der Waals surface area contributed by atoms with Gasteiger partial charge >= 0.3 is 6.18 Å². The zero-order valence-electron chi connectivity index (χ0n) is 14.9. The highest BCUT2D eigenvalue weighted by atomic mass is 28.4. The van der Waals surface area contributed by atoms with E-state index in [2.05, 4.69) is 4.99 Å². The largest absolute Gasteiger partial charge is 0.433 e. The molecule has 2 rings (SSSR count). The van der Waals surface area contributed by atoms with Crippen LogP contribution in [0.4, 0.5) is 13.2 Å². The van der Waals surface area contributed by atoms with Gasteiger partial charge in [0.2, 0.25) is 0 Å². The van der Waals surface area contributed by atoms with E-state index < -0.39 is 20.1 Å². The number of nitrogens with zero attached hydrogens (tertiary/aromatic N) is 1. The van der Waals surface area contributed by atoms with Crippen LogP contribution in [-0.4, -0.2) is 19.3 Å². The Kier molecular flexibility index (Phi) is 7.57. The minimum Gasteiger partial charge on any atom is -0.433 e. The highest BCUT2D eigenvalue weighted by Crippen LogP contribution is 2.29. The molecule has 1 N–H and O–H groups in total. The van der Waals surface area contributed by atoms with Crippen LogP contribution in [0.5, 0.6) is 0 Å². The summed E-state index contributed by atoms with van der Waals surface area (Å²) in [5.74, 6) is 0. The maximum Gasteiger partial charge on any atom is 0.416 e. The summed E-state index contributed by atoms with van der Waals surface area (Å²) < 4.78 is 37.3. The van der Waals surface area contributed by atoms with Gasteiger partial charge in [-0.2, -0.15) is 13.2 Å². The lowest BCUT2D eigenvalue weighted by molar-refractivity contribution is -0.137. The molecule has 136 valence electrons. The number of hydrogen-bond donors (Lipinski definition) is 1. The Balaban J connectivity index is 0.000000550. The van der Waals surface area contributed by atoms with Gasteiger partial charge in [-0.05, 0) is 49.8 Å². The molecule has 0 amide bonds. The molecule has 0 radical (unpaired) electrons. The van der Waals surface area contributed by atoms with Crippen molar-refractivity contribution in [1.29, 1.82) is 0 Å². The number of benzene rings is 2. The Labute approximate surface area is 148 Å². The first-order valence-corrected chi connectivity index (χ1v) is 11.4. The van der Waals surface area contributed by atoms with Crippen molar-refractivity contribution in [1.82, 2.24) is 0 Å². The van der Waals surface area contributed by atoms with Crippen molar-refractivity contribution in [2.24, 2.45) is 4.99 Å². The predicted octanol–water partition coefficient (Wildman–Crippen LogP) is 5.70. The van der Waals surface area contributed by atoms with Crippen LogP contribution in [0.1, 0.15) is 29.7 Å². The number of aliphatic imine (C=N–C) groups is 1. The van der Waals surface area contributed by atoms with Crippen LogP contribution in [-0.2, 0) is 6.18 Å². The molecule has 0 aliphatic rings. The van der Waals surface area contributed by atoms with Gasteiger partial charge < -0.3 is 4.80 Å². The lowest BCUT2D eigenvalue weighted by atomic mass is 10.1. The third-order valence-electron chi connectivity index (χ3n) is 2.97. The first kappa shape index (κ1) is 21.1. The minimum atomic E-state index is -4.30. The topological polar surface area (TPSA) is 32.6 Å². The number of hydrogen-bond acceptors (Lipinski definition) is 2. The van der Waals surface area contributed by atoms with Gasteiger partial charge in [0.05, 0.1) is 11.6 Å². The summed E-state index contributed by atoms with van der Waals surface area (Å²) >= 11 is 0. The number of halogens is 3. The Morgan fingerprint density at radius 3 is 1.88 bits per heavy atom. The van der Waals surface area contributed by atoms with E-state index in [-0.39, 0.29) is 6.04 Å². The molecule has 2 aromatic carbocycles. The molecule has 0 aliphatic heterocycles. The zero-order valence-corrected chi connectivity index (χ0v) is 15.9. The zero-order chi connectivity index (χ0) is 19.1. The summed E-state index contributed by atoms with van der Waals surface area (Å²) in [5.41, 5.74) is 1.07. The molecule has 6 heteroatoms. The summed E-state index contributed by atoms with van der Waals surface area (Å²) in [7, 11) is -1.61. The van der Waals surface area contributed by atoms with Crippen molar-refractivity contribution in [2.75, 3.05) is 0 Å². The summed E-state index contributed by atoms with van der Waals surface area (Å²) in [6.07, 6.45) is -2.70.